The lowest BCUT2D eigenvalue weighted by molar-refractivity contribution is 1.34. The van der Waals surface area contributed by atoms with Gasteiger partial charge in [0.2, 0.25) is 0 Å². The molecule has 2 heterocycles. The van der Waals surface area contributed by atoms with Gasteiger partial charge in [-0.2, -0.15) is 4.37 Å². The Morgan fingerprint density at radius 2 is 2.36 bits per heavy atom. The van der Waals surface area contributed by atoms with Crippen molar-refractivity contribution in [3.63, 3.8) is 0 Å². The van der Waals surface area contributed by atoms with Crippen LogP contribution in [0.1, 0.15) is 0 Å². The van der Waals surface area contributed by atoms with Gasteiger partial charge in [0.15, 0.2) is 0 Å². The molecule has 0 saturated carbocycles. The number of hydrogen-bond acceptors (Lipinski definition) is 4. The van der Waals surface area contributed by atoms with Crippen LogP contribution in [0.25, 0.3) is 10.7 Å². The van der Waals surface area contributed by atoms with E-state index in [1.807, 2.05) is 16.8 Å². The molecule has 56 valence electrons. The average molecular weight is 247 g/mol. The predicted molar refractivity (Wildman–Crippen MR) is 50.9 cm³/mol. The Balaban J connectivity index is 2.45. The standard InChI is InChI=1S/C6H3BrN2S2/c7-5-3-10-6(8-5)4-1-2-11-9-4/h1-3H. The normalized spacial score (nSPS) is 10.3. The number of halogens is 1. The molecule has 2 nitrogen and oxygen atoms in total. The molecule has 5 heteroatoms. The highest BCUT2D eigenvalue weighted by Gasteiger charge is 2.03. The van der Waals surface area contributed by atoms with E-state index in [9.17, 15) is 0 Å². The molecule has 0 spiro atoms. The highest BCUT2D eigenvalue weighted by atomic mass is 79.9. The molecule has 2 aromatic rings. The van der Waals surface area contributed by atoms with E-state index in [-0.39, 0.29) is 0 Å². The molecule has 0 atom stereocenters. The summed E-state index contributed by atoms with van der Waals surface area (Å²) in [6, 6.07) is 1.97. The summed E-state index contributed by atoms with van der Waals surface area (Å²) in [4.78, 5) is 4.23. The maximum atomic E-state index is 4.23. The summed E-state index contributed by atoms with van der Waals surface area (Å²) >= 11 is 6.33. The molecule has 0 fully saturated rings. The van der Waals surface area contributed by atoms with Gasteiger partial charge in [-0.1, -0.05) is 0 Å². The van der Waals surface area contributed by atoms with Gasteiger partial charge in [0.25, 0.3) is 0 Å². The Hall–Kier alpha value is -0.260. The molecular formula is C6H3BrN2S2. The van der Waals surface area contributed by atoms with Gasteiger partial charge in [0.05, 0.1) is 0 Å². The monoisotopic (exact) mass is 246 g/mol. The minimum Gasteiger partial charge on any atom is -0.227 e. The third-order valence-electron chi connectivity index (χ3n) is 1.13. The van der Waals surface area contributed by atoms with Gasteiger partial charge < -0.3 is 0 Å². The van der Waals surface area contributed by atoms with Gasteiger partial charge in [-0.15, -0.1) is 11.3 Å². The summed E-state index contributed by atoms with van der Waals surface area (Å²) in [7, 11) is 0. The molecule has 0 unspecified atom stereocenters. The molecule has 11 heavy (non-hydrogen) atoms. The van der Waals surface area contributed by atoms with E-state index >= 15 is 0 Å². The maximum absolute atomic E-state index is 4.23. The first-order valence-corrected chi connectivity index (χ1v) is 5.39. The minimum atomic E-state index is 0.880. The van der Waals surface area contributed by atoms with Crippen molar-refractivity contribution in [3.05, 3.63) is 21.4 Å². The fourth-order valence-corrected chi connectivity index (χ4v) is 2.49. The summed E-state index contributed by atoms with van der Waals surface area (Å²) in [5, 5.41) is 4.87. The van der Waals surface area contributed by atoms with Crippen molar-refractivity contribution in [2.45, 2.75) is 0 Å². The van der Waals surface area contributed by atoms with Gasteiger partial charge in [-0.25, -0.2) is 4.98 Å². The minimum absolute atomic E-state index is 0.880. The zero-order valence-electron chi connectivity index (χ0n) is 5.32. The molecule has 0 saturated heterocycles. The van der Waals surface area contributed by atoms with Crippen LogP contribution in [0.2, 0.25) is 0 Å². The first kappa shape index (κ1) is 7.39. The largest absolute Gasteiger partial charge is 0.227 e. The summed E-state index contributed by atoms with van der Waals surface area (Å²) < 4.78 is 5.05. The number of rotatable bonds is 1. The Kier molecular flexibility index (Phi) is 2.02. The first-order valence-electron chi connectivity index (χ1n) is 2.88. The van der Waals surface area contributed by atoms with Crippen molar-refractivity contribution in [2.24, 2.45) is 0 Å². The molecule has 0 aliphatic heterocycles. The third-order valence-corrected chi connectivity index (χ3v) is 3.27. The molecule has 0 amide bonds. The number of thiazole rings is 1. The number of aromatic nitrogens is 2. The van der Waals surface area contributed by atoms with Gasteiger partial charge >= 0.3 is 0 Å². The Bertz CT molecular complexity index is 341. The Morgan fingerprint density at radius 1 is 1.45 bits per heavy atom. The lowest BCUT2D eigenvalue weighted by Crippen LogP contribution is -1.71. The summed E-state index contributed by atoms with van der Waals surface area (Å²) in [5.41, 5.74) is 0.964. The zero-order valence-corrected chi connectivity index (χ0v) is 8.54. The van der Waals surface area contributed by atoms with Crippen molar-refractivity contribution in [1.29, 1.82) is 0 Å². The van der Waals surface area contributed by atoms with E-state index in [4.69, 9.17) is 0 Å². The summed E-state index contributed by atoms with van der Waals surface area (Å²) in [6.07, 6.45) is 0. The highest BCUT2D eigenvalue weighted by Crippen LogP contribution is 2.24. The summed E-state index contributed by atoms with van der Waals surface area (Å²) in [6.45, 7) is 0. The predicted octanol–water partition coefficient (Wildman–Crippen LogP) is 3.03. The number of nitrogens with zero attached hydrogens (tertiary/aromatic N) is 2. The van der Waals surface area contributed by atoms with Crippen LogP contribution in [0.3, 0.4) is 0 Å². The van der Waals surface area contributed by atoms with Crippen LogP contribution in [-0.4, -0.2) is 9.36 Å². The van der Waals surface area contributed by atoms with E-state index in [1.54, 1.807) is 11.3 Å². The van der Waals surface area contributed by atoms with Gasteiger partial charge in [0, 0.05) is 10.8 Å². The molecule has 0 radical (unpaired) electrons. The van der Waals surface area contributed by atoms with Crippen molar-refractivity contribution in [1.82, 2.24) is 9.36 Å². The van der Waals surface area contributed by atoms with Crippen molar-refractivity contribution in [3.8, 4) is 10.7 Å². The molecule has 0 N–H and O–H groups in total. The highest BCUT2D eigenvalue weighted by molar-refractivity contribution is 9.10. The lowest BCUT2D eigenvalue weighted by Gasteiger charge is -1.82. The van der Waals surface area contributed by atoms with Crippen LogP contribution < -0.4 is 0 Å². The van der Waals surface area contributed by atoms with Gasteiger partial charge in [-0.3, -0.25) is 0 Å². The smallest absolute Gasteiger partial charge is 0.144 e. The maximum Gasteiger partial charge on any atom is 0.144 e. The van der Waals surface area contributed by atoms with E-state index in [1.165, 1.54) is 11.5 Å². The first-order chi connectivity index (χ1) is 5.36. The van der Waals surface area contributed by atoms with Crippen LogP contribution in [0.5, 0.6) is 0 Å². The zero-order chi connectivity index (χ0) is 7.68. The summed E-state index contributed by atoms with van der Waals surface area (Å²) in [5.74, 6) is 0. The Labute approximate surface area is 80.2 Å². The van der Waals surface area contributed by atoms with Gasteiger partial charge in [-0.05, 0) is 33.5 Å². The van der Waals surface area contributed by atoms with E-state index in [2.05, 4.69) is 25.3 Å². The molecule has 0 aliphatic carbocycles. The molecular weight excluding hydrogens is 244 g/mol. The molecule has 0 bridgehead atoms. The molecule has 2 aromatic heterocycles. The average Bonchev–Trinajstić information content (AvgIpc) is 2.55. The molecule has 0 aliphatic rings. The number of hydrogen-bond donors (Lipinski definition) is 0. The van der Waals surface area contributed by atoms with E-state index in [0.717, 1.165) is 15.3 Å². The van der Waals surface area contributed by atoms with Crippen LogP contribution in [-0.2, 0) is 0 Å². The third kappa shape index (κ3) is 1.50. The second kappa shape index (κ2) is 3.00. The van der Waals surface area contributed by atoms with E-state index < -0.39 is 0 Å². The van der Waals surface area contributed by atoms with Crippen LogP contribution in [0.15, 0.2) is 21.4 Å². The van der Waals surface area contributed by atoms with Gasteiger partial charge in [0.1, 0.15) is 15.3 Å². The van der Waals surface area contributed by atoms with Crippen LogP contribution in [0, 0.1) is 0 Å². The van der Waals surface area contributed by atoms with E-state index in [0.29, 0.717) is 0 Å². The van der Waals surface area contributed by atoms with Crippen molar-refractivity contribution in [2.75, 3.05) is 0 Å². The lowest BCUT2D eigenvalue weighted by atomic mass is 10.5. The van der Waals surface area contributed by atoms with Crippen molar-refractivity contribution >= 4 is 38.8 Å². The second-order valence-corrected chi connectivity index (χ2v) is 4.20. The molecule has 0 aromatic carbocycles. The van der Waals surface area contributed by atoms with Crippen molar-refractivity contribution < 1.29 is 0 Å². The quantitative estimate of drug-likeness (QED) is 0.774. The van der Waals surface area contributed by atoms with Crippen LogP contribution in [0.4, 0.5) is 0 Å². The fraction of sp³-hybridized carbons (Fsp3) is 0. The fourth-order valence-electron chi connectivity index (χ4n) is 0.695. The SMILES string of the molecule is Brc1csc(-c2ccsn2)n1. The van der Waals surface area contributed by atoms with Crippen LogP contribution >= 0.6 is 38.8 Å². The second-order valence-electron chi connectivity index (χ2n) is 1.86. The topological polar surface area (TPSA) is 25.8 Å². The Morgan fingerprint density at radius 3 is 2.91 bits per heavy atom. The molecule has 2 rings (SSSR count).